The van der Waals surface area contributed by atoms with Crippen molar-refractivity contribution in [2.45, 2.75) is 57.9 Å². The number of carbonyl (C=O) groups excluding carboxylic acids is 2. The van der Waals surface area contributed by atoms with E-state index in [9.17, 15) is 32.7 Å². The molecule has 0 unspecified atom stereocenters. The molecule has 13 nitrogen and oxygen atoms in total. The van der Waals surface area contributed by atoms with Crippen LogP contribution < -0.4 is 21.0 Å². The van der Waals surface area contributed by atoms with Gasteiger partial charge in [0.05, 0.1) is 34.2 Å². The van der Waals surface area contributed by atoms with E-state index in [0.29, 0.717) is 36.5 Å². The smallest absolute Gasteiger partial charge is 0.416 e. The number of hydrogen-bond donors (Lipinski definition) is 3. The van der Waals surface area contributed by atoms with E-state index in [1.165, 1.54) is 12.5 Å². The summed E-state index contributed by atoms with van der Waals surface area (Å²) in [5, 5.41) is 15.6. The molecule has 2 amide bonds. The predicted molar refractivity (Wildman–Crippen MR) is 171 cm³/mol. The van der Waals surface area contributed by atoms with Gasteiger partial charge in [0.2, 0.25) is 11.3 Å². The van der Waals surface area contributed by atoms with Crippen molar-refractivity contribution in [3.63, 3.8) is 0 Å². The summed E-state index contributed by atoms with van der Waals surface area (Å²) in [4.78, 5) is 61.7. The van der Waals surface area contributed by atoms with Crippen LogP contribution in [0.4, 0.5) is 30.4 Å². The van der Waals surface area contributed by atoms with Crippen LogP contribution in [0.3, 0.4) is 0 Å². The first-order valence-corrected chi connectivity index (χ1v) is 15.6. The summed E-state index contributed by atoms with van der Waals surface area (Å²) in [7, 11) is 1.63. The molecule has 17 heteroatoms. The Kier molecular flexibility index (Phi) is 8.62. The Labute approximate surface area is 276 Å². The van der Waals surface area contributed by atoms with Crippen LogP contribution in [0.15, 0.2) is 35.5 Å². The van der Waals surface area contributed by atoms with Crippen molar-refractivity contribution < 1.29 is 27.9 Å². The second kappa shape index (κ2) is 12.6. The number of aromatic nitrogens is 5. The first-order chi connectivity index (χ1) is 22.8. The third-order valence-corrected chi connectivity index (χ3v) is 9.15. The van der Waals surface area contributed by atoms with Gasteiger partial charge in [-0.2, -0.15) is 13.2 Å². The molecule has 3 N–H and O–H groups in total. The maximum atomic E-state index is 14.2. The summed E-state index contributed by atoms with van der Waals surface area (Å²) in [5.41, 5.74) is -0.144. The highest BCUT2D eigenvalue weighted by atomic mass is 35.5. The highest BCUT2D eigenvalue weighted by molar-refractivity contribution is 6.33. The van der Waals surface area contributed by atoms with Crippen LogP contribution in [0.25, 0.3) is 11.2 Å². The monoisotopic (exact) mass is 685 g/mol. The quantitative estimate of drug-likeness (QED) is 0.260. The number of nitrogens with one attached hydrogen (secondary N) is 2. The fourth-order valence-corrected chi connectivity index (χ4v) is 6.56. The molecule has 1 aliphatic heterocycles. The number of carbonyl (C=O) groups is 2. The average Bonchev–Trinajstić information content (AvgIpc) is 3.03. The number of pyridine rings is 1. The fraction of sp³-hybridized carbons (Fsp3) is 0.387. The first-order valence-electron chi connectivity index (χ1n) is 15.2. The van der Waals surface area contributed by atoms with E-state index in [1.807, 2.05) is 11.8 Å². The largest absolute Gasteiger partial charge is 0.504 e. The van der Waals surface area contributed by atoms with Crippen molar-refractivity contribution in [1.82, 2.24) is 29.4 Å². The zero-order valence-corrected chi connectivity index (χ0v) is 26.9. The molecule has 48 heavy (non-hydrogen) atoms. The summed E-state index contributed by atoms with van der Waals surface area (Å²) in [6.45, 7) is 3.57. The summed E-state index contributed by atoms with van der Waals surface area (Å²) in [6.07, 6.45) is -0.287. The average molecular weight is 686 g/mol. The number of amides is 2. The molecule has 3 aromatic heterocycles. The van der Waals surface area contributed by atoms with Crippen molar-refractivity contribution in [3.8, 4) is 5.75 Å². The number of alkyl halides is 3. The van der Waals surface area contributed by atoms with E-state index in [4.69, 9.17) is 11.6 Å². The molecule has 0 bridgehead atoms. The molecule has 0 radical (unpaired) electrons. The number of halogens is 4. The minimum Gasteiger partial charge on any atom is -0.504 e. The molecule has 1 aliphatic carbocycles. The van der Waals surface area contributed by atoms with Gasteiger partial charge in [0.25, 0.3) is 5.91 Å². The van der Waals surface area contributed by atoms with Crippen LogP contribution in [0.2, 0.25) is 5.02 Å². The van der Waals surface area contributed by atoms with Gasteiger partial charge in [-0.05, 0) is 44.4 Å². The van der Waals surface area contributed by atoms with Crippen LogP contribution in [0.1, 0.15) is 47.2 Å². The Morgan fingerprint density at radius 3 is 2.52 bits per heavy atom. The molecule has 4 heterocycles. The lowest BCUT2D eigenvalue weighted by Gasteiger charge is -2.54. The SMILES string of the molecule is CCc1c(N2CCN(C(=O)c3ncnc(C)c3O)[C@H]3CC[C@@H]32)c(=O)c2nc(NC)cnc2n1CC(=O)Nc1ccc(C(F)(F)F)cc1Cl. The fourth-order valence-electron chi connectivity index (χ4n) is 6.33. The van der Waals surface area contributed by atoms with Gasteiger partial charge in [0.15, 0.2) is 22.6 Å². The highest BCUT2D eigenvalue weighted by Crippen LogP contribution is 2.39. The van der Waals surface area contributed by atoms with Crippen LogP contribution >= 0.6 is 11.6 Å². The topological polar surface area (TPSA) is 158 Å². The van der Waals surface area contributed by atoms with Gasteiger partial charge in [-0.3, -0.25) is 14.4 Å². The molecule has 4 aromatic rings. The van der Waals surface area contributed by atoms with Crippen molar-refractivity contribution >= 4 is 51.8 Å². The van der Waals surface area contributed by atoms with Gasteiger partial charge >= 0.3 is 6.18 Å². The van der Waals surface area contributed by atoms with Crippen molar-refractivity contribution in [3.05, 3.63) is 68.6 Å². The molecule has 1 saturated heterocycles. The van der Waals surface area contributed by atoms with Gasteiger partial charge < -0.3 is 30.1 Å². The van der Waals surface area contributed by atoms with E-state index in [1.54, 1.807) is 23.4 Å². The summed E-state index contributed by atoms with van der Waals surface area (Å²) >= 11 is 6.09. The molecule has 2 fully saturated rings. The van der Waals surface area contributed by atoms with E-state index in [0.717, 1.165) is 18.2 Å². The van der Waals surface area contributed by atoms with Crippen LogP contribution in [-0.4, -0.2) is 78.5 Å². The second-order valence-electron chi connectivity index (χ2n) is 11.5. The number of anilines is 3. The number of benzene rings is 1. The Balaban J connectivity index is 1.37. The standard InChI is InChI=1S/C31H31ClF3N9O4/c1-4-19-26(42-9-10-43(21-8-7-20(21)42)30(48)25-27(46)15(2)38-14-39-25)28(47)24-29(37-12-22(36-3)41-24)44(19)13-23(45)40-18-6-5-16(11-17(18)32)31(33,34)35/h5-6,11-12,14,20-21,46H,4,7-10,13H2,1-3H3,(H,36,41)(H,40,45)/t20-,21-/m0/s1. The van der Waals surface area contributed by atoms with Crippen LogP contribution in [0, 0.1) is 6.92 Å². The van der Waals surface area contributed by atoms with E-state index in [-0.39, 0.29) is 76.2 Å². The van der Waals surface area contributed by atoms with Gasteiger partial charge in [0.1, 0.15) is 24.4 Å². The normalized spacial score (nSPS) is 17.6. The van der Waals surface area contributed by atoms with E-state index >= 15 is 0 Å². The minimum absolute atomic E-state index is 0.00939. The second-order valence-corrected chi connectivity index (χ2v) is 11.9. The third-order valence-electron chi connectivity index (χ3n) is 8.84. The number of nitrogens with zero attached hydrogens (tertiary/aromatic N) is 7. The van der Waals surface area contributed by atoms with Crippen molar-refractivity contribution in [2.75, 3.05) is 35.7 Å². The lowest BCUT2D eigenvalue weighted by atomic mass is 9.81. The number of hydrogen-bond acceptors (Lipinski definition) is 10. The lowest BCUT2D eigenvalue weighted by Crippen LogP contribution is -2.67. The van der Waals surface area contributed by atoms with Gasteiger partial charge in [0, 0.05) is 31.9 Å². The van der Waals surface area contributed by atoms with Crippen LogP contribution in [-0.2, 0) is 23.9 Å². The number of aromatic hydroxyl groups is 1. The minimum atomic E-state index is -4.60. The molecule has 6 rings (SSSR count). The highest BCUT2D eigenvalue weighted by Gasteiger charge is 2.47. The molecule has 2 aliphatic rings. The Morgan fingerprint density at radius 2 is 1.88 bits per heavy atom. The Hall–Kier alpha value is -4.99. The molecule has 1 aromatic carbocycles. The molecule has 252 valence electrons. The summed E-state index contributed by atoms with van der Waals surface area (Å²) in [6, 6.07) is 2.13. The molecule has 0 spiro atoms. The molecular weight excluding hydrogens is 655 g/mol. The van der Waals surface area contributed by atoms with E-state index in [2.05, 4.69) is 30.6 Å². The van der Waals surface area contributed by atoms with Gasteiger partial charge in [-0.1, -0.05) is 18.5 Å². The molecule has 1 saturated carbocycles. The zero-order valence-electron chi connectivity index (χ0n) is 26.1. The number of piperazine rings is 1. The van der Waals surface area contributed by atoms with E-state index < -0.39 is 23.6 Å². The maximum Gasteiger partial charge on any atom is 0.416 e. The Bertz CT molecular complexity index is 2010. The third kappa shape index (κ3) is 5.73. The van der Waals surface area contributed by atoms with Crippen molar-refractivity contribution in [2.24, 2.45) is 0 Å². The molecular formula is C31H31ClF3N9O4. The lowest BCUT2D eigenvalue weighted by molar-refractivity contribution is -0.137. The van der Waals surface area contributed by atoms with Crippen LogP contribution in [0.5, 0.6) is 5.75 Å². The van der Waals surface area contributed by atoms with Gasteiger partial charge in [-0.25, -0.2) is 19.9 Å². The number of aryl methyl sites for hydroxylation is 1. The maximum absolute atomic E-state index is 14.2. The zero-order chi connectivity index (χ0) is 34.5. The first kappa shape index (κ1) is 32.9. The number of rotatable bonds is 7. The predicted octanol–water partition coefficient (Wildman–Crippen LogP) is 4.00. The molecule has 2 atom stereocenters. The van der Waals surface area contributed by atoms with Gasteiger partial charge in [-0.15, -0.1) is 0 Å². The van der Waals surface area contributed by atoms with Crippen molar-refractivity contribution in [1.29, 1.82) is 0 Å². The summed E-state index contributed by atoms with van der Waals surface area (Å²) in [5.74, 6) is -0.985. The Morgan fingerprint density at radius 1 is 1.12 bits per heavy atom. The number of fused-ring (bicyclic) bond motifs is 2. The summed E-state index contributed by atoms with van der Waals surface area (Å²) < 4.78 is 41.0.